The summed E-state index contributed by atoms with van der Waals surface area (Å²) in [6.07, 6.45) is 0.867. The minimum atomic E-state index is -4.19. The van der Waals surface area contributed by atoms with E-state index in [1.165, 1.54) is 0 Å². The summed E-state index contributed by atoms with van der Waals surface area (Å²) in [5.41, 5.74) is 0.332. The predicted octanol–water partition coefficient (Wildman–Crippen LogP) is 1.84. The fraction of sp³-hybridized carbons (Fsp3) is 0.333. The van der Waals surface area contributed by atoms with Gasteiger partial charge in [-0.25, -0.2) is 17.6 Å². The van der Waals surface area contributed by atoms with Crippen molar-refractivity contribution in [3.63, 3.8) is 0 Å². The van der Waals surface area contributed by atoms with Gasteiger partial charge in [-0.3, -0.25) is 4.79 Å². The first kappa shape index (κ1) is 22.9. The Morgan fingerprint density at radius 1 is 1.13 bits per heavy atom. The van der Waals surface area contributed by atoms with Gasteiger partial charge in [0.25, 0.3) is 0 Å². The van der Waals surface area contributed by atoms with Crippen molar-refractivity contribution in [1.29, 1.82) is 0 Å². The molecular weight excluding hydrogens is 427 g/mol. The number of ether oxygens (including phenoxy) is 1. The fourth-order valence-electron chi connectivity index (χ4n) is 3.33. The van der Waals surface area contributed by atoms with Crippen molar-refractivity contribution in [1.82, 2.24) is 10.0 Å². The third-order valence-corrected chi connectivity index (χ3v) is 6.44. The van der Waals surface area contributed by atoms with E-state index in [2.05, 4.69) is 10.0 Å². The summed E-state index contributed by atoms with van der Waals surface area (Å²) in [4.78, 5) is 24.5. The summed E-state index contributed by atoms with van der Waals surface area (Å²) in [6.45, 7) is 0.952. The molecule has 1 aliphatic heterocycles. The van der Waals surface area contributed by atoms with E-state index in [-0.39, 0.29) is 17.2 Å². The number of carboxylic acids is 1. The lowest BCUT2D eigenvalue weighted by atomic mass is 9.98. The summed E-state index contributed by atoms with van der Waals surface area (Å²) in [6, 6.07) is 9.66. The number of carbonyl (C=O) groups excluding carboxylic acids is 1. The molecule has 1 heterocycles. The van der Waals surface area contributed by atoms with Crippen LogP contribution in [-0.4, -0.2) is 44.7 Å². The van der Waals surface area contributed by atoms with Gasteiger partial charge in [0.1, 0.15) is 17.9 Å². The molecule has 3 unspecified atom stereocenters. The number of hydrogen-bond donors (Lipinski definition) is 3. The van der Waals surface area contributed by atoms with E-state index in [1.807, 2.05) is 0 Å². The van der Waals surface area contributed by atoms with Crippen LogP contribution in [0.4, 0.5) is 4.39 Å². The van der Waals surface area contributed by atoms with Gasteiger partial charge >= 0.3 is 5.97 Å². The number of benzene rings is 2. The molecule has 3 rings (SSSR count). The number of aliphatic carboxylic acids is 1. The highest BCUT2D eigenvalue weighted by atomic mass is 32.2. The second kappa shape index (κ2) is 9.99. The van der Waals surface area contributed by atoms with Gasteiger partial charge in [0.15, 0.2) is 0 Å². The van der Waals surface area contributed by atoms with E-state index in [0.29, 0.717) is 25.2 Å². The van der Waals surface area contributed by atoms with Crippen molar-refractivity contribution in [3.8, 4) is 0 Å². The summed E-state index contributed by atoms with van der Waals surface area (Å²) in [5.74, 6) is -2.62. The number of nitrogens with one attached hydrogen (secondary N) is 2. The molecule has 0 spiro atoms. The lowest BCUT2D eigenvalue weighted by Crippen LogP contribution is -2.48. The average molecular weight is 450 g/mol. The second-order valence-corrected chi connectivity index (χ2v) is 9.00. The number of hydrogen-bond acceptors (Lipinski definition) is 5. The standard InChI is InChI=1S/C21H23FN2O6S/c22-16-6-8-17(9-7-16)31(28,29)24-19(15-4-2-1-3-5-15)20(25)23-18(21(26)27)12-14-10-11-30-13-14/h1-9,14,18-19,24H,10-13H2,(H,23,25)(H,26,27). The predicted molar refractivity (Wildman–Crippen MR) is 109 cm³/mol. The largest absolute Gasteiger partial charge is 0.480 e. The Morgan fingerprint density at radius 2 is 1.81 bits per heavy atom. The number of carboxylic acid groups (broad SMARTS) is 1. The van der Waals surface area contributed by atoms with Gasteiger partial charge in [-0.15, -0.1) is 0 Å². The molecule has 0 saturated carbocycles. The summed E-state index contributed by atoms with van der Waals surface area (Å²) in [5, 5.41) is 12.0. The van der Waals surface area contributed by atoms with Crippen molar-refractivity contribution in [2.45, 2.75) is 29.8 Å². The minimum Gasteiger partial charge on any atom is -0.480 e. The van der Waals surface area contributed by atoms with Crippen LogP contribution < -0.4 is 10.0 Å². The molecule has 2 aromatic rings. The van der Waals surface area contributed by atoms with Crippen LogP contribution in [0.2, 0.25) is 0 Å². The minimum absolute atomic E-state index is 0.00696. The number of carbonyl (C=O) groups is 2. The molecular formula is C21H23FN2O6S. The molecule has 0 radical (unpaired) electrons. The van der Waals surface area contributed by atoms with Gasteiger partial charge in [0, 0.05) is 13.2 Å². The van der Waals surface area contributed by atoms with Crippen molar-refractivity contribution in [2.75, 3.05) is 13.2 Å². The summed E-state index contributed by atoms with van der Waals surface area (Å²) in [7, 11) is -4.19. The first-order valence-corrected chi connectivity index (χ1v) is 11.2. The number of rotatable bonds is 9. The molecule has 10 heteroatoms. The SMILES string of the molecule is O=C(O)C(CC1CCOC1)NC(=O)C(NS(=O)(=O)c1ccc(F)cc1)c1ccccc1. The Hall–Kier alpha value is -2.82. The molecule has 3 atom stereocenters. The first-order valence-electron chi connectivity index (χ1n) is 9.70. The molecule has 0 aliphatic carbocycles. The number of halogens is 1. The van der Waals surface area contributed by atoms with Crippen LogP contribution in [0.5, 0.6) is 0 Å². The third kappa shape index (κ3) is 6.09. The summed E-state index contributed by atoms with van der Waals surface area (Å²) < 4.78 is 46.3. The Bertz CT molecular complexity index is 1010. The average Bonchev–Trinajstić information content (AvgIpc) is 3.25. The maximum absolute atomic E-state index is 13.2. The lowest BCUT2D eigenvalue weighted by Gasteiger charge is -2.23. The van der Waals surface area contributed by atoms with Crippen LogP contribution in [0.15, 0.2) is 59.5 Å². The van der Waals surface area contributed by atoms with E-state index in [1.54, 1.807) is 30.3 Å². The Kier molecular flexibility index (Phi) is 7.37. The Balaban J connectivity index is 1.83. The van der Waals surface area contributed by atoms with Crippen molar-refractivity contribution >= 4 is 21.9 Å². The van der Waals surface area contributed by atoms with Crippen LogP contribution in [0.25, 0.3) is 0 Å². The monoisotopic (exact) mass is 450 g/mol. The van der Waals surface area contributed by atoms with Gasteiger partial charge in [-0.05, 0) is 48.6 Å². The maximum Gasteiger partial charge on any atom is 0.326 e. The van der Waals surface area contributed by atoms with E-state index < -0.39 is 39.8 Å². The van der Waals surface area contributed by atoms with Crippen molar-refractivity contribution < 1.29 is 32.2 Å². The highest BCUT2D eigenvalue weighted by molar-refractivity contribution is 7.89. The van der Waals surface area contributed by atoms with Crippen LogP contribution in [0.1, 0.15) is 24.4 Å². The van der Waals surface area contributed by atoms with Gasteiger partial charge in [0.05, 0.1) is 4.90 Å². The highest BCUT2D eigenvalue weighted by Crippen LogP contribution is 2.21. The normalized spacial score (nSPS) is 18.3. The third-order valence-electron chi connectivity index (χ3n) is 5.00. The molecule has 3 N–H and O–H groups in total. The maximum atomic E-state index is 13.2. The molecule has 31 heavy (non-hydrogen) atoms. The van der Waals surface area contributed by atoms with E-state index in [0.717, 1.165) is 24.3 Å². The number of amides is 1. The topological polar surface area (TPSA) is 122 Å². The quantitative estimate of drug-likeness (QED) is 0.536. The van der Waals surface area contributed by atoms with E-state index in [9.17, 15) is 27.5 Å². The van der Waals surface area contributed by atoms with Gasteiger partial charge in [-0.1, -0.05) is 30.3 Å². The van der Waals surface area contributed by atoms with Gasteiger partial charge < -0.3 is 15.2 Å². The molecule has 1 aliphatic rings. The zero-order chi connectivity index (χ0) is 22.4. The zero-order valence-corrected chi connectivity index (χ0v) is 17.3. The molecule has 166 valence electrons. The molecule has 2 aromatic carbocycles. The lowest BCUT2D eigenvalue weighted by molar-refractivity contribution is -0.142. The van der Waals surface area contributed by atoms with Crippen LogP contribution >= 0.6 is 0 Å². The summed E-state index contributed by atoms with van der Waals surface area (Å²) >= 11 is 0. The van der Waals surface area contributed by atoms with E-state index in [4.69, 9.17) is 4.74 Å². The van der Waals surface area contributed by atoms with Gasteiger partial charge in [0.2, 0.25) is 15.9 Å². The second-order valence-electron chi connectivity index (χ2n) is 7.28. The number of sulfonamides is 1. The van der Waals surface area contributed by atoms with Crippen LogP contribution in [-0.2, 0) is 24.3 Å². The fourth-order valence-corrected chi connectivity index (χ4v) is 4.52. The van der Waals surface area contributed by atoms with Crippen molar-refractivity contribution in [3.05, 3.63) is 66.0 Å². The van der Waals surface area contributed by atoms with E-state index >= 15 is 0 Å². The zero-order valence-electron chi connectivity index (χ0n) is 16.5. The molecule has 0 aromatic heterocycles. The molecule has 1 amide bonds. The smallest absolute Gasteiger partial charge is 0.326 e. The first-order chi connectivity index (χ1) is 14.8. The van der Waals surface area contributed by atoms with Crippen molar-refractivity contribution in [2.24, 2.45) is 5.92 Å². The Morgan fingerprint density at radius 3 is 2.39 bits per heavy atom. The Labute approximate surface area is 179 Å². The molecule has 1 saturated heterocycles. The van der Waals surface area contributed by atoms with Gasteiger partial charge in [-0.2, -0.15) is 4.72 Å². The molecule has 0 bridgehead atoms. The van der Waals surface area contributed by atoms with Crippen LogP contribution in [0, 0.1) is 11.7 Å². The van der Waals surface area contributed by atoms with Crippen LogP contribution in [0.3, 0.4) is 0 Å². The molecule has 1 fully saturated rings. The highest BCUT2D eigenvalue weighted by Gasteiger charge is 2.32. The molecule has 8 nitrogen and oxygen atoms in total.